The Balaban J connectivity index is 2.04. The molecule has 0 amide bonds. The smallest absolute Gasteiger partial charge is 0.310 e. The SMILES string of the molecule is CCOC(=O)Cc1c(C)n(C)c2cc3c(cc12)CN(C(C)(C)C)C3. The predicted octanol–water partition coefficient (Wildman–Crippen LogP) is 3.71. The largest absolute Gasteiger partial charge is 0.466 e. The van der Waals surface area contributed by atoms with Crippen LogP contribution in [0.15, 0.2) is 12.1 Å². The van der Waals surface area contributed by atoms with Crippen molar-refractivity contribution in [1.82, 2.24) is 9.47 Å². The molecule has 2 aromatic rings. The van der Waals surface area contributed by atoms with Crippen LogP contribution in [0.1, 0.15) is 50.1 Å². The van der Waals surface area contributed by atoms with Crippen LogP contribution >= 0.6 is 0 Å². The molecule has 0 unspecified atom stereocenters. The summed E-state index contributed by atoms with van der Waals surface area (Å²) in [5.74, 6) is -0.148. The average molecular weight is 328 g/mol. The molecule has 1 aromatic heterocycles. The van der Waals surface area contributed by atoms with Crippen LogP contribution in [-0.4, -0.2) is 27.6 Å². The van der Waals surface area contributed by atoms with Crippen molar-refractivity contribution in [2.24, 2.45) is 7.05 Å². The number of carbonyl (C=O) groups is 1. The predicted molar refractivity (Wildman–Crippen MR) is 97.0 cm³/mol. The molecule has 4 nitrogen and oxygen atoms in total. The lowest BCUT2D eigenvalue weighted by molar-refractivity contribution is -0.142. The van der Waals surface area contributed by atoms with E-state index in [1.165, 1.54) is 22.0 Å². The Kier molecular flexibility index (Phi) is 4.20. The maximum absolute atomic E-state index is 12.0. The Morgan fingerprint density at radius 3 is 2.42 bits per heavy atom. The van der Waals surface area contributed by atoms with Crippen molar-refractivity contribution < 1.29 is 9.53 Å². The van der Waals surface area contributed by atoms with E-state index >= 15 is 0 Å². The van der Waals surface area contributed by atoms with Gasteiger partial charge in [-0.2, -0.15) is 0 Å². The van der Waals surface area contributed by atoms with Gasteiger partial charge in [-0.1, -0.05) is 0 Å². The lowest BCUT2D eigenvalue weighted by atomic mass is 10.0. The van der Waals surface area contributed by atoms with Gasteiger partial charge < -0.3 is 9.30 Å². The molecular weight excluding hydrogens is 300 g/mol. The first-order valence-electron chi connectivity index (χ1n) is 8.72. The summed E-state index contributed by atoms with van der Waals surface area (Å²) in [6.45, 7) is 13.1. The first kappa shape index (κ1) is 17.0. The molecule has 1 aliphatic rings. The number of hydrogen-bond acceptors (Lipinski definition) is 3. The number of carbonyl (C=O) groups excluding carboxylic acids is 1. The molecular formula is C20H28N2O2. The fourth-order valence-electron chi connectivity index (χ4n) is 3.59. The van der Waals surface area contributed by atoms with Gasteiger partial charge in [0.25, 0.3) is 0 Å². The molecule has 1 aliphatic heterocycles. The second-order valence-electron chi connectivity index (χ2n) is 7.77. The topological polar surface area (TPSA) is 34.5 Å². The molecule has 1 aromatic carbocycles. The quantitative estimate of drug-likeness (QED) is 0.806. The Morgan fingerprint density at radius 1 is 1.21 bits per heavy atom. The zero-order valence-corrected chi connectivity index (χ0v) is 15.7. The van der Waals surface area contributed by atoms with Gasteiger partial charge in [0.05, 0.1) is 13.0 Å². The molecule has 3 rings (SSSR count). The third kappa shape index (κ3) is 2.84. The van der Waals surface area contributed by atoms with E-state index in [4.69, 9.17) is 4.74 Å². The van der Waals surface area contributed by atoms with Gasteiger partial charge in [-0.15, -0.1) is 0 Å². The van der Waals surface area contributed by atoms with Crippen molar-refractivity contribution in [3.63, 3.8) is 0 Å². The minimum Gasteiger partial charge on any atom is -0.466 e. The van der Waals surface area contributed by atoms with Crippen molar-refractivity contribution in [2.75, 3.05) is 6.61 Å². The van der Waals surface area contributed by atoms with Crippen LogP contribution in [0.5, 0.6) is 0 Å². The Morgan fingerprint density at radius 2 is 1.83 bits per heavy atom. The number of hydrogen-bond donors (Lipinski definition) is 0. The average Bonchev–Trinajstić information content (AvgIpc) is 3.01. The molecule has 130 valence electrons. The number of fused-ring (bicyclic) bond motifs is 2. The number of ether oxygens (including phenoxy) is 1. The summed E-state index contributed by atoms with van der Waals surface area (Å²) in [6.07, 6.45) is 0.346. The number of aryl methyl sites for hydroxylation is 1. The number of nitrogens with zero attached hydrogens (tertiary/aromatic N) is 2. The normalized spacial score (nSPS) is 15.1. The second-order valence-corrected chi connectivity index (χ2v) is 7.77. The molecule has 2 heterocycles. The molecule has 0 aliphatic carbocycles. The molecule has 0 bridgehead atoms. The van der Waals surface area contributed by atoms with Crippen molar-refractivity contribution in [2.45, 2.75) is 59.7 Å². The van der Waals surface area contributed by atoms with E-state index in [1.54, 1.807) is 0 Å². The second kappa shape index (κ2) is 5.92. The van der Waals surface area contributed by atoms with Gasteiger partial charge in [0, 0.05) is 42.3 Å². The van der Waals surface area contributed by atoms with Crippen molar-refractivity contribution in [3.8, 4) is 0 Å². The van der Waals surface area contributed by atoms with Crippen LogP contribution in [0.2, 0.25) is 0 Å². The summed E-state index contributed by atoms with van der Waals surface area (Å²) in [6, 6.07) is 4.59. The molecule has 0 radical (unpaired) electrons. The third-order valence-corrected chi connectivity index (χ3v) is 5.24. The zero-order chi connectivity index (χ0) is 17.6. The lowest BCUT2D eigenvalue weighted by Crippen LogP contribution is -2.36. The van der Waals surface area contributed by atoms with Crippen molar-refractivity contribution >= 4 is 16.9 Å². The molecule has 0 saturated heterocycles. The maximum Gasteiger partial charge on any atom is 0.310 e. The van der Waals surface area contributed by atoms with Gasteiger partial charge in [-0.05, 0) is 63.4 Å². The highest BCUT2D eigenvalue weighted by molar-refractivity contribution is 5.90. The van der Waals surface area contributed by atoms with Gasteiger partial charge in [0.1, 0.15) is 0 Å². The zero-order valence-electron chi connectivity index (χ0n) is 15.7. The molecule has 4 heteroatoms. The van der Waals surface area contributed by atoms with E-state index in [2.05, 4.69) is 56.3 Å². The number of aromatic nitrogens is 1. The molecule has 24 heavy (non-hydrogen) atoms. The summed E-state index contributed by atoms with van der Waals surface area (Å²) in [5, 5.41) is 1.19. The van der Waals surface area contributed by atoms with E-state index in [-0.39, 0.29) is 11.5 Å². The summed E-state index contributed by atoms with van der Waals surface area (Å²) in [7, 11) is 2.08. The first-order chi connectivity index (χ1) is 11.2. The van der Waals surface area contributed by atoms with Gasteiger partial charge in [0.15, 0.2) is 0 Å². The maximum atomic E-state index is 12.0. The minimum atomic E-state index is -0.148. The number of benzene rings is 1. The Hall–Kier alpha value is -1.81. The van der Waals surface area contributed by atoms with E-state index < -0.39 is 0 Å². The van der Waals surface area contributed by atoms with Gasteiger partial charge >= 0.3 is 5.97 Å². The Labute approximate surface area is 144 Å². The van der Waals surface area contributed by atoms with Crippen LogP contribution in [0.3, 0.4) is 0 Å². The fourth-order valence-corrected chi connectivity index (χ4v) is 3.59. The van der Waals surface area contributed by atoms with Crippen LogP contribution in [0.25, 0.3) is 10.9 Å². The molecule has 0 atom stereocenters. The standard InChI is InChI=1S/C20H28N2O2/c1-7-24-19(23)10-16-13(2)21(6)18-9-15-12-22(20(3,4)5)11-14(15)8-17(16)18/h8-9H,7,10-12H2,1-6H3. The van der Waals surface area contributed by atoms with E-state index in [0.29, 0.717) is 13.0 Å². The summed E-state index contributed by atoms with van der Waals surface area (Å²) >= 11 is 0. The van der Waals surface area contributed by atoms with Crippen LogP contribution < -0.4 is 0 Å². The molecule has 0 spiro atoms. The Bertz CT molecular complexity index is 796. The van der Waals surface area contributed by atoms with E-state index in [0.717, 1.165) is 24.3 Å². The third-order valence-electron chi connectivity index (χ3n) is 5.24. The molecule has 0 N–H and O–H groups in total. The summed E-state index contributed by atoms with van der Waals surface area (Å²) < 4.78 is 7.36. The van der Waals surface area contributed by atoms with Crippen molar-refractivity contribution in [1.29, 1.82) is 0 Å². The first-order valence-corrected chi connectivity index (χ1v) is 8.72. The van der Waals surface area contributed by atoms with Crippen LogP contribution in [-0.2, 0) is 36.1 Å². The number of esters is 1. The summed E-state index contributed by atoms with van der Waals surface area (Å²) in [5.41, 5.74) is 6.40. The highest BCUT2D eigenvalue weighted by Gasteiger charge is 2.29. The summed E-state index contributed by atoms with van der Waals surface area (Å²) in [4.78, 5) is 14.5. The van der Waals surface area contributed by atoms with E-state index in [1.807, 2.05) is 6.92 Å². The van der Waals surface area contributed by atoms with Crippen molar-refractivity contribution in [3.05, 3.63) is 34.5 Å². The van der Waals surface area contributed by atoms with Gasteiger partial charge in [-0.25, -0.2) is 0 Å². The highest BCUT2D eigenvalue weighted by atomic mass is 16.5. The highest BCUT2D eigenvalue weighted by Crippen LogP contribution is 2.35. The molecule has 0 saturated carbocycles. The molecule has 0 fully saturated rings. The number of rotatable bonds is 3. The van der Waals surface area contributed by atoms with Gasteiger partial charge in [-0.3, -0.25) is 9.69 Å². The fraction of sp³-hybridized carbons (Fsp3) is 0.550. The monoisotopic (exact) mass is 328 g/mol. The van der Waals surface area contributed by atoms with Crippen LogP contribution in [0.4, 0.5) is 0 Å². The minimum absolute atomic E-state index is 0.148. The van der Waals surface area contributed by atoms with Crippen LogP contribution in [0, 0.1) is 6.92 Å². The van der Waals surface area contributed by atoms with E-state index in [9.17, 15) is 4.79 Å². The lowest BCUT2D eigenvalue weighted by Gasteiger charge is -2.31. The van der Waals surface area contributed by atoms with Gasteiger partial charge in [0.2, 0.25) is 0 Å².